The molecule has 0 radical (unpaired) electrons. The van der Waals surface area contributed by atoms with Crippen molar-refractivity contribution in [3.05, 3.63) is 34.9 Å². The van der Waals surface area contributed by atoms with E-state index in [2.05, 4.69) is 0 Å². The van der Waals surface area contributed by atoms with Crippen LogP contribution in [0, 0.1) is 11.6 Å². The van der Waals surface area contributed by atoms with E-state index in [9.17, 15) is 26.7 Å². The van der Waals surface area contributed by atoms with Crippen molar-refractivity contribution in [2.75, 3.05) is 0 Å². The largest absolute Gasteiger partial charge is 0.455 e. The van der Waals surface area contributed by atoms with Crippen molar-refractivity contribution in [3.63, 3.8) is 0 Å². The number of alkyl halides is 3. The minimum atomic E-state index is -5.28. The van der Waals surface area contributed by atoms with Crippen molar-refractivity contribution in [3.8, 4) is 0 Å². The number of benzene rings is 1. The first kappa shape index (κ1) is 12.6. The second-order valence-corrected chi connectivity index (χ2v) is 3.11. The fraction of sp³-hybridized carbons (Fsp3) is 0.300. The molecule has 0 heterocycles. The van der Waals surface area contributed by atoms with Gasteiger partial charge in [-0.05, 0) is 24.1 Å². The first-order valence-corrected chi connectivity index (χ1v) is 4.36. The number of carbonyl (C=O) groups excluding carboxylic acids is 1. The summed E-state index contributed by atoms with van der Waals surface area (Å²) in [5.74, 6) is -5.48. The molecule has 0 aliphatic rings. The zero-order valence-corrected chi connectivity index (χ0v) is 8.16. The molecule has 1 aromatic carbocycles. The van der Waals surface area contributed by atoms with Gasteiger partial charge in [-0.3, -0.25) is 4.79 Å². The van der Waals surface area contributed by atoms with E-state index in [1.807, 2.05) is 0 Å². The molecule has 0 aliphatic heterocycles. The summed E-state index contributed by atoms with van der Waals surface area (Å²) in [7, 11) is 0. The fourth-order valence-corrected chi connectivity index (χ4v) is 1.19. The second kappa shape index (κ2) is 4.19. The van der Waals surface area contributed by atoms with Crippen LogP contribution in [-0.2, 0) is 6.42 Å². The number of aryl methyl sites for hydroxylation is 1. The molecule has 6 heteroatoms. The average Bonchev–Trinajstić information content (AvgIpc) is 2.14. The minimum absolute atomic E-state index is 0.189. The lowest BCUT2D eigenvalue weighted by molar-refractivity contribution is -0.0890. The summed E-state index contributed by atoms with van der Waals surface area (Å²) < 4.78 is 62.2. The van der Waals surface area contributed by atoms with Crippen LogP contribution in [0.15, 0.2) is 12.1 Å². The molecule has 1 aromatic rings. The van der Waals surface area contributed by atoms with Gasteiger partial charge in [0.15, 0.2) is 0 Å². The van der Waals surface area contributed by atoms with Gasteiger partial charge in [0.05, 0.1) is 5.56 Å². The van der Waals surface area contributed by atoms with Gasteiger partial charge in [0.1, 0.15) is 11.6 Å². The van der Waals surface area contributed by atoms with E-state index in [0.29, 0.717) is 0 Å². The van der Waals surface area contributed by atoms with Crippen LogP contribution in [0.25, 0.3) is 0 Å². The number of ketones is 1. The average molecular weight is 238 g/mol. The van der Waals surface area contributed by atoms with E-state index >= 15 is 0 Å². The Bertz CT molecular complexity index is 399. The van der Waals surface area contributed by atoms with Gasteiger partial charge in [-0.25, -0.2) is 8.78 Å². The summed E-state index contributed by atoms with van der Waals surface area (Å²) in [6.45, 7) is 1.58. The van der Waals surface area contributed by atoms with Gasteiger partial charge in [-0.1, -0.05) is 6.92 Å². The maximum Gasteiger partial charge on any atom is 0.455 e. The molecule has 0 amide bonds. The smallest absolute Gasteiger partial charge is 0.284 e. The number of Topliss-reactive ketones (excluding diaryl/α,β-unsaturated/α-hetero) is 1. The molecule has 0 saturated carbocycles. The Morgan fingerprint density at radius 1 is 1.19 bits per heavy atom. The Labute approximate surface area is 87.9 Å². The summed E-state index contributed by atoms with van der Waals surface area (Å²) in [5, 5.41) is 0. The van der Waals surface area contributed by atoms with Crippen LogP contribution in [0.3, 0.4) is 0 Å². The monoisotopic (exact) mass is 238 g/mol. The molecular weight excluding hydrogens is 231 g/mol. The molecule has 1 rings (SSSR count). The molecule has 0 spiro atoms. The van der Waals surface area contributed by atoms with E-state index in [-0.39, 0.29) is 12.0 Å². The quantitative estimate of drug-likeness (QED) is 0.570. The molecule has 0 aromatic heterocycles. The van der Waals surface area contributed by atoms with Gasteiger partial charge in [-0.15, -0.1) is 0 Å². The van der Waals surface area contributed by atoms with Crippen LogP contribution in [-0.4, -0.2) is 12.0 Å². The predicted octanol–water partition coefficient (Wildman–Crippen LogP) is 3.27. The lowest BCUT2D eigenvalue weighted by Gasteiger charge is -2.08. The SMILES string of the molecule is CCc1cc(F)c(C(=O)C(F)(F)F)c(F)c1. The first-order valence-electron chi connectivity index (χ1n) is 4.36. The van der Waals surface area contributed by atoms with Crippen LogP contribution in [0.5, 0.6) is 0 Å². The maximum absolute atomic E-state index is 13.1. The van der Waals surface area contributed by atoms with Crippen LogP contribution in [0.1, 0.15) is 22.8 Å². The summed E-state index contributed by atoms with van der Waals surface area (Å²) in [6, 6.07) is 1.45. The first-order chi connectivity index (χ1) is 7.27. The fourth-order valence-electron chi connectivity index (χ4n) is 1.19. The summed E-state index contributed by atoms with van der Waals surface area (Å²) in [5.41, 5.74) is -1.36. The lowest BCUT2D eigenvalue weighted by atomic mass is 10.0. The highest BCUT2D eigenvalue weighted by molar-refractivity contribution is 6.00. The highest BCUT2D eigenvalue weighted by Crippen LogP contribution is 2.25. The Balaban J connectivity index is 3.31. The van der Waals surface area contributed by atoms with E-state index < -0.39 is 29.2 Å². The Morgan fingerprint density at radius 3 is 1.94 bits per heavy atom. The van der Waals surface area contributed by atoms with Gasteiger partial charge in [0.2, 0.25) is 0 Å². The zero-order valence-electron chi connectivity index (χ0n) is 8.16. The minimum Gasteiger partial charge on any atom is -0.284 e. The Morgan fingerprint density at radius 2 is 1.62 bits per heavy atom. The van der Waals surface area contributed by atoms with Crippen LogP contribution >= 0.6 is 0 Å². The molecule has 0 unspecified atom stereocenters. The summed E-state index contributed by atoms with van der Waals surface area (Å²) >= 11 is 0. The number of hydrogen-bond acceptors (Lipinski definition) is 1. The highest BCUT2D eigenvalue weighted by Gasteiger charge is 2.42. The molecule has 0 fully saturated rings. The number of hydrogen-bond donors (Lipinski definition) is 0. The Hall–Kier alpha value is -1.46. The molecular formula is C10H7F5O. The standard InChI is InChI=1S/C10H7F5O/c1-2-5-3-6(11)8(7(12)4-5)9(16)10(13,14)15/h3-4H,2H2,1H3. The van der Waals surface area contributed by atoms with Crippen molar-refractivity contribution in [2.24, 2.45) is 0 Å². The summed E-state index contributed by atoms with van der Waals surface area (Å²) in [6.07, 6.45) is -5.02. The van der Waals surface area contributed by atoms with Crippen LogP contribution < -0.4 is 0 Å². The van der Waals surface area contributed by atoms with Crippen molar-refractivity contribution in [1.29, 1.82) is 0 Å². The highest BCUT2D eigenvalue weighted by atomic mass is 19.4. The number of halogens is 5. The molecule has 88 valence electrons. The van der Waals surface area contributed by atoms with E-state index in [0.717, 1.165) is 12.1 Å². The molecule has 0 saturated heterocycles. The molecule has 0 N–H and O–H groups in total. The lowest BCUT2D eigenvalue weighted by Crippen LogP contribution is -2.25. The van der Waals surface area contributed by atoms with Crippen molar-refractivity contribution in [2.45, 2.75) is 19.5 Å². The summed E-state index contributed by atoms with van der Waals surface area (Å²) in [4.78, 5) is 10.7. The normalized spacial score (nSPS) is 11.6. The van der Waals surface area contributed by atoms with Crippen LogP contribution in [0.2, 0.25) is 0 Å². The number of carbonyl (C=O) groups is 1. The van der Waals surface area contributed by atoms with E-state index in [1.54, 1.807) is 6.92 Å². The van der Waals surface area contributed by atoms with Gasteiger partial charge in [-0.2, -0.15) is 13.2 Å². The van der Waals surface area contributed by atoms with Gasteiger partial charge in [0.25, 0.3) is 5.78 Å². The second-order valence-electron chi connectivity index (χ2n) is 3.11. The van der Waals surface area contributed by atoms with E-state index in [1.165, 1.54) is 0 Å². The van der Waals surface area contributed by atoms with E-state index in [4.69, 9.17) is 0 Å². The molecule has 0 bridgehead atoms. The number of rotatable bonds is 2. The van der Waals surface area contributed by atoms with Gasteiger partial charge >= 0.3 is 6.18 Å². The molecule has 0 atom stereocenters. The van der Waals surface area contributed by atoms with Crippen LogP contribution in [0.4, 0.5) is 22.0 Å². The molecule has 16 heavy (non-hydrogen) atoms. The van der Waals surface area contributed by atoms with Gasteiger partial charge < -0.3 is 0 Å². The third kappa shape index (κ3) is 2.37. The zero-order chi connectivity index (χ0) is 12.5. The molecule has 0 aliphatic carbocycles. The van der Waals surface area contributed by atoms with Crippen molar-refractivity contribution in [1.82, 2.24) is 0 Å². The third-order valence-corrected chi connectivity index (χ3v) is 1.99. The van der Waals surface area contributed by atoms with Crippen molar-refractivity contribution < 1.29 is 26.7 Å². The predicted molar refractivity (Wildman–Crippen MR) is 46.1 cm³/mol. The topological polar surface area (TPSA) is 17.1 Å². The third-order valence-electron chi connectivity index (χ3n) is 1.99. The van der Waals surface area contributed by atoms with Crippen molar-refractivity contribution >= 4 is 5.78 Å². The Kier molecular flexibility index (Phi) is 3.30. The van der Waals surface area contributed by atoms with Gasteiger partial charge in [0, 0.05) is 0 Å². The maximum atomic E-state index is 13.1. The molecule has 1 nitrogen and oxygen atoms in total.